The number of ketones is 2. The van der Waals surface area contributed by atoms with Gasteiger partial charge in [-0.3, -0.25) is 19.3 Å². The lowest BCUT2D eigenvalue weighted by atomic mass is 9.58. The van der Waals surface area contributed by atoms with E-state index in [4.69, 9.17) is 10.2 Å². The van der Waals surface area contributed by atoms with Gasteiger partial charge in [0.1, 0.15) is 28.6 Å². The summed E-state index contributed by atoms with van der Waals surface area (Å²) in [4.78, 5) is 42.9. The molecule has 0 saturated heterocycles. The second kappa shape index (κ2) is 9.08. The summed E-state index contributed by atoms with van der Waals surface area (Å²) in [5.41, 5.74) is 3.62. The van der Waals surface area contributed by atoms with Crippen molar-refractivity contribution in [2.24, 2.45) is 17.6 Å². The van der Waals surface area contributed by atoms with Gasteiger partial charge in [-0.25, -0.2) is 0 Å². The number of carbonyl (C=O) groups is 3. The van der Waals surface area contributed by atoms with Gasteiger partial charge in [0.15, 0.2) is 11.4 Å². The number of phenolic OH excluding ortho intramolecular Hbond substituents is 1. The smallest absolute Gasteiger partial charge is 0.255 e. The average molecular weight is 538 g/mol. The zero-order valence-corrected chi connectivity index (χ0v) is 22.1. The fraction of sp³-hybridized carbons (Fsp3) is 0.393. The molecule has 2 aromatic rings. The predicted molar refractivity (Wildman–Crippen MR) is 139 cm³/mol. The van der Waals surface area contributed by atoms with E-state index in [2.05, 4.69) is 0 Å². The van der Waals surface area contributed by atoms with Crippen LogP contribution >= 0.6 is 0 Å². The molecule has 11 nitrogen and oxygen atoms in total. The fourth-order valence-corrected chi connectivity index (χ4v) is 6.50. The molecule has 1 aromatic carbocycles. The maximum Gasteiger partial charge on any atom is 0.255 e. The number of benzene rings is 1. The van der Waals surface area contributed by atoms with Crippen LogP contribution in [0.25, 0.3) is 11.3 Å². The molecule has 0 aliphatic heterocycles. The van der Waals surface area contributed by atoms with E-state index in [1.807, 2.05) is 25.1 Å². The van der Waals surface area contributed by atoms with Crippen molar-refractivity contribution in [2.45, 2.75) is 31.0 Å². The summed E-state index contributed by atoms with van der Waals surface area (Å²) in [7, 11) is 7.00. The summed E-state index contributed by atoms with van der Waals surface area (Å²) < 4.78 is 5.81. The number of carbonyl (C=O) groups excluding carboxylic acids is 3. The van der Waals surface area contributed by atoms with E-state index in [0.29, 0.717) is 23.4 Å². The number of nitrogens with zero attached hydrogens (tertiary/aromatic N) is 2. The molecule has 4 atom stereocenters. The van der Waals surface area contributed by atoms with Crippen LogP contribution in [-0.4, -0.2) is 87.5 Å². The van der Waals surface area contributed by atoms with Gasteiger partial charge in [0.05, 0.1) is 17.9 Å². The Bertz CT molecular complexity index is 1480. The Balaban J connectivity index is 1.71. The van der Waals surface area contributed by atoms with Gasteiger partial charge >= 0.3 is 0 Å². The molecule has 1 aromatic heterocycles. The molecule has 206 valence electrons. The molecule has 0 unspecified atom stereocenters. The monoisotopic (exact) mass is 537 g/mol. The van der Waals surface area contributed by atoms with Crippen LogP contribution < -0.4 is 5.73 Å². The number of allylic oxidation sites excluding steroid dienone is 1. The Morgan fingerprint density at radius 3 is 2.44 bits per heavy atom. The first-order valence-electron chi connectivity index (χ1n) is 12.5. The number of Topliss-reactive ketones (excluding diaryl/α,β-unsaturated/α-hetero) is 2. The lowest BCUT2D eigenvalue weighted by molar-refractivity contribution is -0.148. The summed E-state index contributed by atoms with van der Waals surface area (Å²) in [6.07, 6.45) is 1.75. The number of fused-ring (bicyclic) bond motifs is 3. The van der Waals surface area contributed by atoms with Crippen LogP contribution in [0.3, 0.4) is 0 Å². The number of primary amides is 1. The Hall–Kier alpha value is -3.93. The van der Waals surface area contributed by atoms with Gasteiger partial charge in [-0.15, -0.1) is 0 Å². The first-order chi connectivity index (χ1) is 18.3. The van der Waals surface area contributed by atoms with Gasteiger partial charge in [0.25, 0.3) is 5.91 Å². The van der Waals surface area contributed by atoms with Crippen molar-refractivity contribution in [2.75, 3.05) is 28.2 Å². The quantitative estimate of drug-likeness (QED) is 0.351. The number of aliphatic hydroxyl groups is 3. The number of furan rings is 1. The van der Waals surface area contributed by atoms with Crippen LogP contribution in [0.15, 0.2) is 51.5 Å². The number of rotatable bonds is 5. The first kappa shape index (κ1) is 26.7. The third-order valence-corrected chi connectivity index (χ3v) is 8.08. The topological polar surface area (TPSA) is 178 Å². The van der Waals surface area contributed by atoms with Crippen molar-refractivity contribution in [1.29, 1.82) is 0 Å². The lowest BCUT2D eigenvalue weighted by Gasteiger charge is -2.50. The van der Waals surface area contributed by atoms with E-state index in [1.54, 1.807) is 26.4 Å². The Labute approximate surface area is 224 Å². The maximum atomic E-state index is 13.9. The average Bonchev–Trinajstić information content (AvgIpc) is 3.28. The molecule has 5 rings (SSSR count). The molecule has 1 heterocycles. The molecule has 0 bridgehead atoms. The predicted octanol–water partition coefficient (Wildman–Crippen LogP) is 1.44. The number of hydrogen-bond donors (Lipinski definition) is 5. The Morgan fingerprint density at radius 2 is 1.82 bits per heavy atom. The summed E-state index contributed by atoms with van der Waals surface area (Å²) in [6.45, 7) is 0.570. The molecule has 6 N–H and O–H groups in total. The minimum atomic E-state index is -2.67. The number of hydrogen-bond acceptors (Lipinski definition) is 10. The molecule has 11 heteroatoms. The molecule has 3 aliphatic carbocycles. The summed E-state index contributed by atoms with van der Waals surface area (Å²) in [6, 6.07) is 3.83. The van der Waals surface area contributed by atoms with Gasteiger partial charge in [0.2, 0.25) is 5.78 Å². The third kappa shape index (κ3) is 3.72. The Kier molecular flexibility index (Phi) is 6.21. The summed E-state index contributed by atoms with van der Waals surface area (Å²) in [5, 5.41) is 44.8. The fourth-order valence-electron chi connectivity index (χ4n) is 6.50. The lowest BCUT2D eigenvalue weighted by Crippen LogP contribution is -2.63. The van der Waals surface area contributed by atoms with Crippen molar-refractivity contribution >= 4 is 17.5 Å². The van der Waals surface area contributed by atoms with Crippen molar-refractivity contribution in [3.05, 3.63) is 63.8 Å². The molecule has 0 spiro atoms. The zero-order valence-electron chi connectivity index (χ0n) is 22.1. The molecule has 3 aliphatic rings. The molecule has 1 amide bonds. The van der Waals surface area contributed by atoms with Crippen molar-refractivity contribution in [1.82, 2.24) is 9.80 Å². The van der Waals surface area contributed by atoms with Crippen LogP contribution in [0.4, 0.5) is 0 Å². The second-order valence-corrected chi connectivity index (χ2v) is 11.0. The van der Waals surface area contributed by atoms with E-state index in [1.165, 1.54) is 11.0 Å². The van der Waals surface area contributed by atoms with Gasteiger partial charge in [-0.05, 0) is 70.7 Å². The number of nitrogens with two attached hydrogens (primary N) is 1. The van der Waals surface area contributed by atoms with Crippen LogP contribution in [0.1, 0.15) is 27.9 Å². The zero-order chi connectivity index (χ0) is 28.5. The van der Waals surface area contributed by atoms with Crippen LogP contribution in [-0.2, 0) is 22.6 Å². The second-order valence-electron chi connectivity index (χ2n) is 11.0. The molecular weight excluding hydrogens is 506 g/mol. The normalized spacial score (nSPS) is 26.7. The molecule has 0 saturated carbocycles. The molecular formula is C28H31N3O8. The standard InChI is InChI=1S/C28H31N3O8/c1-30(2)11-12-7-8-39-24(12)14-5-6-17(32)19-15(14)9-13-10-16-21(31(3)4)23(34)20(27(29)37)26(36)28(16,38)25(35)18(13)22(19)33/h5-8,13,16,21,32,34-35,38H,9-11H2,1-4H3,(H2,29,37)/t13-,16-,21-,28-/m0/s1. The van der Waals surface area contributed by atoms with Gasteiger partial charge < -0.3 is 35.5 Å². The minimum absolute atomic E-state index is 0.0174. The highest BCUT2D eigenvalue weighted by molar-refractivity contribution is 6.24. The van der Waals surface area contributed by atoms with Gasteiger partial charge in [-0.2, -0.15) is 0 Å². The molecule has 0 fully saturated rings. The summed E-state index contributed by atoms with van der Waals surface area (Å²) >= 11 is 0. The number of likely N-dealkylation sites (N-methyl/N-ethyl adjacent to an activating group) is 1. The SMILES string of the molecule is CN(C)Cc1ccoc1-c1ccc(O)c2c1C[C@H]1C[C@H]3[C@H](N(C)C)C(O)=C(C(N)=O)C(=O)[C@@]3(O)C(O)=C1C2=O. The van der Waals surface area contributed by atoms with Crippen LogP contribution in [0, 0.1) is 11.8 Å². The van der Waals surface area contributed by atoms with Gasteiger partial charge in [-0.1, -0.05) is 0 Å². The molecule has 39 heavy (non-hydrogen) atoms. The van der Waals surface area contributed by atoms with E-state index in [9.17, 15) is 34.8 Å². The number of aromatic hydroxyl groups is 1. The first-order valence-corrected chi connectivity index (χ1v) is 12.5. The third-order valence-electron chi connectivity index (χ3n) is 8.08. The number of amides is 1. The van der Waals surface area contributed by atoms with Crippen LogP contribution in [0.2, 0.25) is 0 Å². The number of phenols is 1. The maximum absolute atomic E-state index is 13.9. The highest BCUT2D eigenvalue weighted by Gasteiger charge is 2.63. The van der Waals surface area contributed by atoms with E-state index in [0.717, 1.165) is 5.56 Å². The van der Waals surface area contributed by atoms with Crippen LogP contribution in [0.5, 0.6) is 5.75 Å². The van der Waals surface area contributed by atoms with Crippen molar-refractivity contribution in [3.63, 3.8) is 0 Å². The molecule has 0 radical (unpaired) electrons. The highest BCUT2D eigenvalue weighted by atomic mass is 16.3. The summed E-state index contributed by atoms with van der Waals surface area (Å²) in [5.74, 6) is -6.27. The van der Waals surface area contributed by atoms with E-state index in [-0.39, 0.29) is 29.7 Å². The van der Waals surface area contributed by atoms with E-state index >= 15 is 0 Å². The van der Waals surface area contributed by atoms with Gasteiger partial charge in [0, 0.05) is 29.2 Å². The van der Waals surface area contributed by atoms with Crippen molar-refractivity contribution in [3.8, 4) is 17.1 Å². The highest BCUT2D eigenvalue weighted by Crippen LogP contribution is 2.53. The largest absolute Gasteiger partial charge is 0.510 e. The van der Waals surface area contributed by atoms with Crippen molar-refractivity contribution < 1.29 is 39.2 Å². The number of aliphatic hydroxyl groups excluding tert-OH is 2. The minimum Gasteiger partial charge on any atom is -0.510 e. The Morgan fingerprint density at radius 1 is 1.13 bits per heavy atom. The van der Waals surface area contributed by atoms with E-state index < -0.39 is 58.0 Å².